The standard InChI is InChI=1S/C10H11NO3/c1-10(2,9(13)14)8(12)7-3-5-11-6-4-7/h3-6H,1-2H3,(H,13,14). The average molecular weight is 193 g/mol. The van der Waals surface area contributed by atoms with E-state index in [9.17, 15) is 9.59 Å². The van der Waals surface area contributed by atoms with Gasteiger partial charge in [0.2, 0.25) is 0 Å². The number of carbonyl (C=O) groups is 2. The predicted molar refractivity (Wildman–Crippen MR) is 50.0 cm³/mol. The van der Waals surface area contributed by atoms with Crippen molar-refractivity contribution < 1.29 is 14.7 Å². The number of carboxylic acids is 1. The number of ketones is 1. The lowest BCUT2D eigenvalue weighted by Gasteiger charge is -2.16. The molecule has 0 radical (unpaired) electrons. The van der Waals surface area contributed by atoms with Crippen LogP contribution in [0.4, 0.5) is 0 Å². The molecule has 4 heteroatoms. The molecule has 0 fully saturated rings. The summed E-state index contributed by atoms with van der Waals surface area (Å²) in [5.74, 6) is -1.54. The van der Waals surface area contributed by atoms with Gasteiger partial charge < -0.3 is 5.11 Å². The molecule has 14 heavy (non-hydrogen) atoms. The number of aromatic nitrogens is 1. The van der Waals surface area contributed by atoms with Gasteiger partial charge in [-0.15, -0.1) is 0 Å². The van der Waals surface area contributed by atoms with E-state index in [-0.39, 0.29) is 0 Å². The molecule has 74 valence electrons. The molecule has 1 heterocycles. The molecule has 1 N–H and O–H groups in total. The third-order valence-electron chi connectivity index (χ3n) is 2.04. The fourth-order valence-corrected chi connectivity index (χ4v) is 0.961. The van der Waals surface area contributed by atoms with Crippen LogP contribution in [-0.2, 0) is 4.79 Å². The first-order valence-corrected chi connectivity index (χ1v) is 4.14. The van der Waals surface area contributed by atoms with Gasteiger partial charge in [-0.25, -0.2) is 0 Å². The molecule has 1 aromatic heterocycles. The number of pyridine rings is 1. The van der Waals surface area contributed by atoms with Crippen LogP contribution >= 0.6 is 0 Å². The maximum absolute atomic E-state index is 11.7. The number of aliphatic carboxylic acids is 1. The van der Waals surface area contributed by atoms with Crippen LogP contribution in [0.3, 0.4) is 0 Å². The topological polar surface area (TPSA) is 67.3 Å². The van der Waals surface area contributed by atoms with E-state index in [0.717, 1.165) is 0 Å². The Hall–Kier alpha value is -1.71. The minimum Gasteiger partial charge on any atom is -0.481 e. The van der Waals surface area contributed by atoms with Crippen molar-refractivity contribution in [2.75, 3.05) is 0 Å². The molecule has 0 bridgehead atoms. The second-order valence-electron chi connectivity index (χ2n) is 3.50. The molecule has 0 aromatic carbocycles. The summed E-state index contributed by atoms with van der Waals surface area (Å²) in [5.41, 5.74) is -1.02. The van der Waals surface area contributed by atoms with Crippen molar-refractivity contribution in [3.05, 3.63) is 30.1 Å². The summed E-state index contributed by atoms with van der Waals surface area (Å²) in [6.45, 7) is 2.77. The van der Waals surface area contributed by atoms with E-state index in [0.29, 0.717) is 5.56 Å². The fraction of sp³-hybridized carbons (Fsp3) is 0.300. The van der Waals surface area contributed by atoms with Crippen LogP contribution in [0.25, 0.3) is 0 Å². The molecule has 1 rings (SSSR count). The van der Waals surface area contributed by atoms with E-state index in [2.05, 4.69) is 4.98 Å². The summed E-state index contributed by atoms with van der Waals surface area (Å²) in [6.07, 6.45) is 2.93. The van der Waals surface area contributed by atoms with Crippen molar-refractivity contribution in [2.24, 2.45) is 5.41 Å². The van der Waals surface area contributed by atoms with Crippen LogP contribution in [0.2, 0.25) is 0 Å². The second kappa shape index (κ2) is 3.57. The van der Waals surface area contributed by atoms with Crippen molar-refractivity contribution in [3.63, 3.8) is 0 Å². The van der Waals surface area contributed by atoms with Gasteiger partial charge in [0.15, 0.2) is 5.78 Å². The van der Waals surface area contributed by atoms with Crippen molar-refractivity contribution in [1.29, 1.82) is 0 Å². The van der Waals surface area contributed by atoms with E-state index < -0.39 is 17.2 Å². The summed E-state index contributed by atoms with van der Waals surface area (Å²) >= 11 is 0. The van der Waals surface area contributed by atoms with Gasteiger partial charge in [-0.3, -0.25) is 14.6 Å². The fourth-order valence-electron chi connectivity index (χ4n) is 0.961. The predicted octanol–water partition coefficient (Wildman–Crippen LogP) is 1.38. The monoisotopic (exact) mass is 193 g/mol. The Morgan fingerprint density at radius 1 is 1.29 bits per heavy atom. The minimum absolute atomic E-state index is 0.368. The van der Waals surface area contributed by atoms with Gasteiger partial charge in [-0.1, -0.05) is 0 Å². The molecule has 0 saturated heterocycles. The second-order valence-corrected chi connectivity index (χ2v) is 3.50. The van der Waals surface area contributed by atoms with Crippen molar-refractivity contribution in [3.8, 4) is 0 Å². The SMILES string of the molecule is CC(C)(C(=O)O)C(=O)c1ccncc1. The molecular formula is C10H11NO3. The highest BCUT2D eigenvalue weighted by molar-refractivity contribution is 6.11. The first-order valence-electron chi connectivity index (χ1n) is 4.14. The zero-order valence-corrected chi connectivity index (χ0v) is 8.02. The lowest BCUT2D eigenvalue weighted by molar-refractivity contribution is -0.144. The smallest absolute Gasteiger partial charge is 0.316 e. The molecular weight excluding hydrogens is 182 g/mol. The number of hydrogen-bond acceptors (Lipinski definition) is 3. The molecule has 0 saturated carbocycles. The number of carbonyl (C=O) groups excluding carboxylic acids is 1. The van der Waals surface area contributed by atoms with Crippen LogP contribution in [0.1, 0.15) is 24.2 Å². The minimum atomic E-state index is -1.39. The van der Waals surface area contributed by atoms with E-state index >= 15 is 0 Å². The molecule has 0 aliphatic heterocycles. The maximum atomic E-state index is 11.7. The molecule has 0 aliphatic carbocycles. The lowest BCUT2D eigenvalue weighted by atomic mass is 9.85. The molecule has 4 nitrogen and oxygen atoms in total. The highest BCUT2D eigenvalue weighted by Gasteiger charge is 2.36. The largest absolute Gasteiger partial charge is 0.481 e. The number of carboxylic acid groups (broad SMARTS) is 1. The van der Waals surface area contributed by atoms with E-state index in [1.165, 1.54) is 38.4 Å². The summed E-state index contributed by atoms with van der Waals surface area (Å²) in [4.78, 5) is 26.3. The summed E-state index contributed by atoms with van der Waals surface area (Å²) < 4.78 is 0. The normalized spacial score (nSPS) is 11.0. The van der Waals surface area contributed by atoms with Crippen molar-refractivity contribution >= 4 is 11.8 Å². The Labute approximate surface area is 81.6 Å². The first-order chi connectivity index (χ1) is 6.46. The summed E-state index contributed by atoms with van der Waals surface area (Å²) in [6, 6.07) is 3.01. The molecule has 0 spiro atoms. The first kappa shape index (κ1) is 10.4. The van der Waals surface area contributed by atoms with Gasteiger partial charge in [-0.05, 0) is 26.0 Å². The Bertz CT molecular complexity index is 357. The summed E-state index contributed by atoms with van der Waals surface area (Å²) in [7, 11) is 0. The zero-order valence-electron chi connectivity index (χ0n) is 8.02. The molecule has 0 atom stereocenters. The third-order valence-corrected chi connectivity index (χ3v) is 2.04. The van der Waals surface area contributed by atoms with Gasteiger partial charge in [-0.2, -0.15) is 0 Å². The number of rotatable bonds is 3. The van der Waals surface area contributed by atoms with Gasteiger partial charge in [0.05, 0.1) is 0 Å². The number of Topliss-reactive ketones (excluding diaryl/α,β-unsaturated/α-hetero) is 1. The average Bonchev–Trinajstić information content (AvgIpc) is 2.17. The van der Waals surface area contributed by atoms with Gasteiger partial charge >= 0.3 is 5.97 Å². The van der Waals surface area contributed by atoms with Crippen molar-refractivity contribution in [1.82, 2.24) is 4.98 Å². The molecule has 1 aromatic rings. The zero-order chi connectivity index (χ0) is 10.8. The molecule has 0 unspecified atom stereocenters. The van der Waals surface area contributed by atoms with E-state index in [1.807, 2.05) is 0 Å². The Morgan fingerprint density at radius 2 is 1.79 bits per heavy atom. The van der Waals surface area contributed by atoms with Crippen molar-refractivity contribution in [2.45, 2.75) is 13.8 Å². The number of hydrogen-bond donors (Lipinski definition) is 1. The summed E-state index contributed by atoms with van der Waals surface area (Å²) in [5, 5.41) is 8.84. The Balaban J connectivity index is 3.03. The third kappa shape index (κ3) is 1.79. The van der Waals surface area contributed by atoms with Crippen LogP contribution < -0.4 is 0 Å². The van der Waals surface area contributed by atoms with E-state index in [4.69, 9.17) is 5.11 Å². The van der Waals surface area contributed by atoms with Crippen LogP contribution in [0.5, 0.6) is 0 Å². The van der Waals surface area contributed by atoms with Crippen LogP contribution in [-0.4, -0.2) is 21.8 Å². The quantitative estimate of drug-likeness (QED) is 0.581. The molecule has 0 aliphatic rings. The van der Waals surface area contributed by atoms with Gasteiger partial charge in [0.25, 0.3) is 0 Å². The highest BCUT2D eigenvalue weighted by atomic mass is 16.4. The van der Waals surface area contributed by atoms with Gasteiger partial charge in [0.1, 0.15) is 5.41 Å². The van der Waals surface area contributed by atoms with Gasteiger partial charge in [0, 0.05) is 18.0 Å². The highest BCUT2D eigenvalue weighted by Crippen LogP contribution is 2.21. The molecule has 0 amide bonds. The van der Waals surface area contributed by atoms with E-state index in [1.54, 1.807) is 0 Å². The van der Waals surface area contributed by atoms with Crippen LogP contribution in [0, 0.1) is 5.41 Å². The Kier molecular flexibility index (Phi) is 2.65. The van der Waals surface area contributed by atoms with Crippen LogP contribution in [0.15, 0.2) is 24.5 Å². The maximum Gasteiger partial charge on any atom is 0.316 e. The lowest BCUT2D eigenvalue weighted by Crippen LogP contribution is -2.33. The number of nitrogens with zero attached hydrogens (tertiary/aromatic N) is 1. The Morgan fingerprint density at radius 3 is 2.21 bits per heavy atom.